The van der Waals surface area contributed by atoms with E-state index in [1.165, 1.54) is 18.2 Å². The normalized spacial score (nSPS) is 25.0. The van der Waals surface area contributed by atoms with Gasteiger partial charge in [0, 0.05) is 37.2 Å². The molecule has 2 saturated heterocycles. The molecule has 0 radical (unpaired) electrons. The van der Waals surface area contributed by atoms with E-state index in [1.807, 2.05) is 0 Å². The monoisotopic (exact) mass is 376 g/mol. The lowest BCUT2D eigenvalue weighted by Gasteiger charge is -2.42. The van der Waals surface area contributed by atoms with Crippen LogP contribution in [0.25, 0.3) is 0 Å². The van der Waals surface area contributed by atoms with Gasteiger partial charge in [0.15, 0.2) is 0 Å². The Morgan fingerprint density at radius 1 is 1.00 bits per heavy atom. The summed E-state index contributed by atoms with van der Waals surface area (Å²) >= 11 is 0. The smallest absolute Gasteiger partial charge is 0.225 e. The molecular weight excluding hydrogens is 346 g/mol. The van der Waals surface area contributed by atoms with Crippen molar-refractivity contribution in [3.63, 3.8) is 0 Å². The Kier molecular flexibility index (Phi) is 5.76. The van der Waals surface area contributed by atoms with Gasteiger partial charge in [-0.15, -0.1) is 0 Å². The van der Waals surface area contributed by atoms with Gasteiger partial charge in [0.25, 0.3) is 0 Å². The second-order valence-corrected chi connectivity index (χ2v) is 8.57. The molecule has 3 fully saturated rings. The van der Waals surface area contributed by atoms with E-state index in [2.05, 4.69) is 9.80 Å². The number of amides is 1. The Bertz CT molecular complexity index is 648. The van der Waals surface area contributed by atoms with E-state index in [4.69, 9.17) is 0 Å². The number of hydrogen-bond acceptors (Lipinski definition) is 2. The first-order valence-electron chi connectivity index (χ1n) is 10.6. The number of benzene rings is 1. The van der Waals surface area contributed by atoms with E-state index in [9.17, 15) is 13.6 Å². The third kappa shape index (κ3) is 4.50. The lowest BCUT2D eigenvalue weighted by Crippen LogP contribution is -2.50. The summed E-state index contributed by atoms with van der Waals surface area (Å²) < 4.78 is 27.7. The molecule has 4 rings (SSSR count). The average molecular weight is 376 g/mol. The number of rotatable bonds is 5. The van der Waals surface area contributed by atoms with Crippen LogP contribution >= 0.6 is 0 Å². The number of nitrogens with zero attached hydrogens (tertiary/aromatic N) is 2. The predicted octanol–water partition coefficient (Wildman–Crippen LogP) is 4.01. The summed E-state index contributed by atoms with van der Waals surface area (Å²) in [5.74, 6) is 0.353. The Balaban J connectivity index is 1.26. The highest BCUT2D eigenvalue weighted by Gasteiger charge is 2.36. The van der Waals surface area contributed by atoms with Gasteiger partial charge < -0.3 is 4.90 Å². The van der Waals surface area contributed by atoms with Gasteiger partial charge in [-0.25, -0.2) is 8.78 Å². The minimum absolute atomic E-state index is 0.238. The molecule has 1 saturated carbocycles. The van der Waals surface area contributed by atoms with Gasteiger partial charge in [-0.2, -0.15) is 0 Å². The second kappa shape index (κ2) is 8.26. The molecule has 3 nitrogen and oxygen atoms in total. The molecule has 1 aliphatic carbocycles. The van der Waals surface area contributed by atoms with Crippen molar-refractivity contribution in [2.24, 2.45) is 11.8 Å². The molecule has 3 aliphatic rings. The number of halogens is 2. The maximum Gasteiger partial charge on any atom is 0.225 e. The minimum atomic E-state index is -0.421. The molecule has 5 heteroatoms. The van der Waals surface area contributed by atoms with Crippen molar-refractivity contribution in [1.82, 2.24) is 9.80 Å². The highest BCUT2D eigenvalue weighted by Crippen LogP contribution is 2.33. The van der Waals surface area contributed by atoms with Crippen molar-refractivity contribution < 1.29 is 13.6 Å². The first-order valence-corrected chi connectivity index (χ1v) is 10.6. The third-order valence-corrected chi connectivity index (χ3v) is 6.63. The summed E-state index contributed by atoms with van der Waals surface area (Å²) in [6.45, 7) is 3.92. The van der Waals surface area contributed by atoms with Gasteiger partial charge in [-0.1, -0.05) is 6.07 Å². The fourth-order valence-corrected chi connectivity index (χ4v) is 4.82. The van der Waals surface area contributed by atoms with Crippen LogP contribution in [0.15, 0.2) is 18.2 Å². The molecule has 0 bridgehead atoms. The van der Waals surface area contributed by atoms with Crippen LogP contribution < -0.4 is 0 Å². The van der Waals surface area contributed by atoms with Gasteiger partial charge in [0.05, 0.1) is 0 Å². The zero-order valence-electron chi connectivity index (χ0n) is 16.0. The Morgan fingerprint density at radius 3 is 2.37 bits per heavy atom. The Labute approximate surface area is 160 Å². The van der Waals surface area contributed by atoms with Crippen LogP contribution in [0.4, 0.5) is 8.78 Å². The molecule has 148 valence electrons. The van der Waals surface area contributed by atoms with E-state index < -0.39 is 11.6 Å². The van der Waals surface area contributed by atoms with Gasteiger partial charge in [-0.05, 0) is 76.0 Å². The zero-order valence-corrected chi connectivity index (χ0v) is 16.0. The summed E-state index contributed by atoms with van der Waals surface area (Å²) in [5.41, 5.74) is 0.238. The molecule has 0 aromatic heterocycles. The zero-order chi connectivity index (χ0) is 18.8. The molecule has 1 aromatic carbocycles. The molecule has 1 aromatic rings. The number of likely N-dealkylation sites (tertiary alicyclic amines) is 2. The quantitative estimate of drug-likeness (QED) is 0.775. The van der Waals surface area contributed by atoms with Crippen LogP contribution in [-0.2, 0) is 11.2 Å². The SMILES string of the molecule is O=C(C1CC1)N1CCC(N2CCC[C@H](CCc3c(F)cccc3F)C2)CC1. The lowest BCUT2D eigenvalue weighted by molar-refractivity contribution is -0.134. The van der Waals surface area contributed by atoms with Crippen molar-refractivity contribution in [3.05, 3.63) is 35.4 Å². The van der Waals surface area contributed by atoms with Crippen molar-refractivity contribution in [3.8, 4) is 0 Å². The number of carbonyl (C=O) groups is 1. The Hall–Kier alpha value is -1.49. The van der Waals surface area contributed by atoms with Crippen molar-refractivity contribution in [1.29, 1.82) is 0 Å². The van der Waals surface area contributed by atoms with E-state index in [1.54, 1.807) is 0 Å². The fourth-order valence-electron chi connectivity index (χ4n) is 4.82. The summed E-state index contributed by atoms with van der Waals surface area (Å²) in [5, 5.41) is 0. The summed E-state index contributed by atoms with van der Waals surface area (Å²) in [7, 11) is 0. The van der Waals surface area contributed by atoms with Crippen LogP contribution in [0.5, 0.6) is 0 Å². The number of piperidine rings is 2. The molecule has 2 heterocycles. The predicted molar refractivity (Wildman–Crippen MR) is 101 cm³/mol. The fraction of sp³-hybridized carbons (Fsp3) is 0.682. The summed E-state index contributed by atoms with van der Waals surface area (Å²) in [6, 6.07) is 4.68. The first-order chi connectivity index (χ1) is 13.1. The van der Waals surface area contributed by atoms with Crippen LogP contribution in [0, 0.1) is 23.5 Å². The van der Waals surface area contributed by atoms with Crippen molar-refractivity contribution in [2.75, 3.05) is 26.2 Å². The van der Waals surface area contributed by atoms with Gasteiger partial charge in [0.2, 0.25) is 5.91 Å². The van der Waals surface area contributed by atoms with E-state index >= 15 is 0 Å². The van der Waals surface area contributed by atoms with Crippen LogP contribution in [0.2, 0.25) is 0 Å². The van der Waals surface area contributed by atoms with Gasteiger partial charge in [-0.3, -0.25) is 9.69 Å². The Morgan fingerprint density at radius 2 is 1.70 bits per heavy atom. The molecule has 0 spiro atoms. The maximum absolute atomic E-state index is 13.9. The molecule has 1 amide bonds. The molecule has 0 unspecified atom stereocenters. The topological polar surface area (TPSA) is 23.6 Å². The highest BCUT2D eigenvalue weighted by atomic mass is 19.1. The molecule has 2 aliphatic heterocycles. The van der Waals surface area contributed by atoms with E-state index in [0.717, 1.165) is 71.1 Å². The van der Waals surface area contributed by atoms with E-state index in [-0.39, 0.29) is 5.56 Å². The van der Waals surface area contributed by atoms with Crippen molar-refractivity contribution >= 4 is 5.91 Å². The van der Waals surface area contributed by atoms with Crippen molar-refractivity contribution in [2.45, 2.75) is 57.4 Å². The summed E-state index contributed by atoms with van der Waals surface area (Å²) in [4.78, 5) is 16.9. The molecule has 1 atom stereocenters. The molecule has 27 heavy (non-hydrogen) atoms. The molecule has 0 N–H and O–H groups in total. The molecular formula is C22H30F2N2O. The average Bonchev–Trinajstić information content (AvgIpc) is 3.53. The maximum atomic E-state index is 13.9. The van der Waals surface area contributed by atoms with Gasteiger partial charge in [0.1, 0.15) is 11.6 Å². The number of hydrogen-bond donors (Lipinski definition) is 0. The van der Waals surface area contributed by atoms with Gasteiger partial charge >= 0.3 is 0 Å². The lowest BCUT2D eigenvalue weighted by atomic mass is 9.89. The first kappa shape index (κ1) is 18.9. The summed E-state index contributed by atoms with van der Waals surface area (Å²) in [6.07, 6.45) is 7.90. The third-order valence-electron chi connectivity index (χ3n) is 6.63. The van der Waals surface area contributed by atoms with Crippen LogP contribution in [0.1, 0.15) is 50.5 Å². The number of carbonyl (C=O) groups excluding carboxylic acids is 1. The minimum Gasteiger partial charge on any atom is -0.342 e. The van der Waals surface area contributed by atoms with E-state index in [0.29, 0.717) is 30.2 Å². The van der Waals surface area contributed by atoms with Crippen LogP contribution in [0.3, 0.4) is 0 Å². The standard InChI is InChI=1S/C22H30F2N2O/c23-20-4-1-5-21(24)19(20)9-6-16-3-2-12-26(15-16)18-10-13-25(14-11-18)22(27)17-7-8-17/h1,4-5,16-18H,2-3,6-15H2/t16-/m1/s1. The van der Waals surface area contributed by atoms with Crippen LogP contribution in [-0.4, -0.2) is 47.9 Å². The second-order valence-electron chi connectivity index (χ2n) is 8.57. The largest absolute Gasteiger partial charge is 0.342 e. The highest BCUT2D eigenvalue weighted by molar-refractivity contribution is 5.81.